The van der Waals surface area contributed by atoms with Gasteiger partial charge in [-0.25, -0.2) is 9.17 Å². The highest BCUT2D eigenvalue weighted by Crippen LogP contribution is 2.33. The average molecular weight is 393 g/mol. The molecule has 2 aromatic rings. The number of benzene rings is 1. The van der Waals surface area contributed by atoms with E-state index in [1.807, 2.05) is 0 Å². The maximum absolute atomic E-state index is 12.5. The summed E-state index contributed by atoms with van der Waals surface area (Å²) < 4.78 is 69.4. The first-order chi connectivity index (χ1) is 12.1. The minimum absolute atomic E-state index is 0.106. The molecule has 1 aromatic heterocycles. The quantitative estimate of drug-likeness (QED) is 0.622. The van der Waals surface area contributed by atoms with Crippen molar-refractivity contribution in [1.29, 1.82) is 0 Å². The lowest BCUT2D eigenvalue weighted by molar-refractivity contribution is -0.133. The van der Waals surface area contributed by atoms with Crippen molar-refractivity contribution in [2.45, 2.75) is 24.8 Å². The molecule has 0 spiro atoms. The zero-order chi connectivity index (χ0) is 19.1. The molecule has 2 atom stereocenters. The Morgan fingerprint density at radius 2 is 1.88 bits per heavy atom. The second-order valence-corrected chi connectivity index (χ2v) is 7.20. The molecule has 1 aromatic carbocycles. The molecule has 12 heteroatoms. The van der Waals surface area contributed by atoms with Crippen molar-refractivity contribution >= 4 is 26.8 Å². The van der Waals surface area contributed by atoms with E-state index in [9.17, 15) is 26.7 Å². The zero-order valence-corrected chi connectivity index (χ0v) is 14.2. The molecular weight excluding hydrogens is 379 g/mol. The zero-order valence-electron chi connectivity index (χ0n) is 13.3. The van der Waals surface area contributed by atoms with E-state index < -0.39 is 28.0 Å². The van der Waals surface area contributed by atoms with Crippen molar-refractivity contribution < 1.29 is 35.6 Å². The summed E-state index contributed by atoms with van der Waals surface area (Å²) in [5.74, 6) is -0.106. The summed E-state index contributed by atoms with van der Waals surface area (Å²) in [5.41, 5.74) is -4.55. The van der Waals surface area contributed by atoms with E-state index in [1.165, 1.54) is 24.5 Å². The number of morpholine rings is 1. The Morgan fingerprint density at radius 3 is 2.54 bits per heavy atom. The van der Waals surface area contributed by atoms with Gasteiger partial charge in [-0.05, 0) is 19.1 Å². The van der Waals surface area contributed by atoms with E-state index in [0.717, 1.165) is 0 Å². The molecule has 1 N–H and O–H groups in total. The van der Waals surface area contributed by atoms with Crippen LogP contribution >= 0.6 is 0 Å². The normalized spacial score (nSPS) is 21.9. The Morgan fingerprint density at radius 1 is 1.23 bits per heavy atom. The van der Waals surface area contributed by atoms with Crippen LogP contribution in [0.15, 0.2) is 24.5 Å². The summed E-state index contributed by atoms with van der Waals surface area (Å²) in [6.45, 7) is 1.54. The van der Waals surface area contributed by atoms with Crippen LogP contribution in [0.2, 0.25) is 0 Å². The highest BCUT2D eigenvalue weighted by Gasteiger charge is 2.49. The third kappa shape index (κ3) is 3.52. The topological polar surface area (TPSA) is 102 Å². The first-order valence-electron chi connectivity index (χ1n) is 7.41. The maximum atomic E-state index is 12.5. The fraction of sp³-hybridized carbons (Fsp3) is 0.429. The summed E-state index contributed by atoms with van der Waals surface area (Å²) in [7, 11) is -5.80. The molecule has 2 heterocycles. The highest BCUT2D eigenvalue weighted by molar-refractivity contribution is 7.87. The van der Waals surface area contributed by atoms with Crippen LogP contribution in [0.25, 0.3) is 11.0 Å². The summed E-state index contributed by atoms with van der Waals surface area (Å²) in [6.07, 6.45) is 0.524. The number of rotatable bonds is 3. The Kier molecular flexibility index (Phi) is 4.67. The van der Waals surface area contributed by atoms with Gasteiger partial charge < -0.3 is 14.7 Å². The molecule has 142 valence electrons. The molecule has 0 unspecified atom stereocenters. The van der Waals surface area contributed by atoms with Crippen molar-refractivity contribution in [3.05, 3.63) is 24.5 Å². The van der Waals surface area contributed by atoms with E-state index in [-0.39, 0.29) is 24.4 Å². The maximum Gasteiger partial charge on any atom is 0.523 e. The Hall–Kier alpha value is -2.18. The number of hydrogen-bond acceptors (Lipinski definition) is 8. The molecule has 1 aliphatic heterocycles. The number of aromatic nitrogens is 2. The third-order valence-corrected chi connectivity index (χ3v) is 4.71. The molecule has 1 saturated heterocycles. The molecule has 0 aliphatic carbocycles. The number of hydrogen-bond donors (Lipinski definition) is 1. The lowest BCUT2D eigenvalue weighted by Crippen LogP contribution is -2.49. The molecule has 0 saturated carbocycles. The van der Waals surface area contributed by atoms with Crippen LogP contribution in [0.4, 0.5) is 18.9 Å². The second kappa shape index (κ2) is 6.52. The molecule has 8 nitrogen and oxygen atoms in total. The Bertz CT molecular complexity index is 922. The molecule has 1 aliphatic rings. The third-order valence-electron chi connectivity index (χ3n) is 3.67. The molecular formula is C14H14F3N3O5S. The number of fused-ring (bicyclic) bond motifs is 1. The standard InChI is InChI=1S/C14H14F3N3O5S/c1-8-6-20(7-11(24-8)25-26(22,23)14(15,16)17)9-2-3-10(21)13-12(9)18-4-5-19-13/h2-5,8,11,21H,6-7H2,1H3/t8-,11-/m1/s1. The van der Waals surface area contributed by atoms with Crippen LogP contribution in [0.5, 0.6) is 5.75 Å². The van der Waals surface area contributed by atoms with Gasteiger partial charge in [0.05, 0.1) is 18.3 Å². The van der Waals surface area contributed by atoms with Crippen LogP contribution < -0.4 is 4.90 Å². The number of ether oxygens (including phenoxy) is 1. The van der Waals surface area contributed by atoms with Crippen LogP contribution in [0.1, 0.15) is 6.92 Å². The van der Waals surface area contributed by atoms with Crippen molar-refractivity contribution in [1.82, 2.24) is 9.97 Å². The number of nitrogens with zero attached hydrogens (tertiary/aromatic N) is 3. The molecule has 3 rings (SSSR count). The largest absolute Gasteiger partial charge is 0.523 e. The van der Waals surface area contributed by atoms with E-state index >= 15 is 0 Å². The molecule has 26 heavy (non-hydrogen) atoms. The molecule has 0 amide bonds. The van der Waals surface area contributed by atoms with E-state index in [2.05, 4.69) is 14.2 Å². The minimum atomic E-state index is -5.80. The fourth-order valence-corrected chi connectivity index (χ4v) is 3.14. The predicted molar refractivity (Wildman–Crippen MR) is 83.8 cm³/mol. The first-order valence-corrected chi connectivity index (χ1v) is 8.82. The number of anilines is 1. The molecule has 1 fully saturated rings. The predicted octanol–water partition coefficient (Wildman–Crippen LogP) is 1.75. The Labute approximate surface area is 146 Å². The van der Waals surface area contributed by atoms with Crippen molar-refractivity contribution in [3.63, 3.8) is 0 Å². The molecule has 0 radical (unpaired) electrons. The van der Waals surface area contributed by atoms with Gasteiger partial charge in [0, 0.05) is 18.9 Å². The number of halogens is 3. The Balaban J connectivity index is 1.91. The van der Waals surface area contributed by atoms with Gasteiger partial charge in [0.15, 0.2) is 6.29 Å². The number of alkyl halides is 3. The van der Waals surface area contributed by atoms with Gasteiger partial charge in [-0.2, -0.15) is 21.6 Å². The van der Waals surface area contributed by atoms with Gasteiger partial charge >= 0.3 is 15.6 Å². The number of phenols is 1. The van der Waals surface area contributed by atoms with Crippen LogP contribution in [0, 0.1) is 0 Å². The van der Waals surface area contributed by atoms with Gasteiger partial charge in [-0.3, -0.25) is 4.98 Å². The molecule has 0 bridgehead atoms. The SMILES string of the molecule is C[C@@H]1CN(c2ccc(O)c3nccnc23)C[C@@H](OS(=O)(=O)C(F)(F)F)O1. The number of phenolic OH excluding ortho intramolecular Hbond substituents is 1. The van der Waals surface area contributed by atoms with Gasteiger partial charge in [0.1, 0.15) is 16.8 Å². The van der Waals surface area contributed by atoms with Crippen LogP contribution in [-0.4, -0.2) is 54.5 Å². The van der Waals surface area contributed by atoms with Crippen LogP contribution in [-0.2, 0) is 19.0 Å². The number of aromatic hydroxyl groups is 1. The monoisotopic (exact) mass is 393 g/mol. The first kappa shape index (κ1) is 18.6. The van der Waals surface area contributed by atoms with Crippen LogP contribution in [0.3, 0.4) is 0 Å². The second-order valence-electron chi connectivity index (χ2n) is 5.63. The smallest absolute Gasteiger partial charge is 0.506 e. The fourth-order valence-electron chi connectivity index (χ4n) is 2.64. The average Bonchev–Trinajstić information content (AvgIpc) is 2.53. The minimum Gasteiger partial charge on any atom is -0.506 e. The lowest BCUT2D eigenvalue weighted by atomic mass is 10.2. The van der Waals surface area contributed by atoms with Gasteiger partial charge in [0.25, 0.3) is 0 Å². The summed E-state index contributed by atoms with van der Waals surface area (Å²) in [5, 5.41) is 9.87. The summed E-state index contributed by atoms with van der Waals surface area (Å²) in [4.78, 5) is 9.73. The lowest BCUT2D eigenvalue weighted by Gasteiger charge is -2.37. The van der Waals surface area contributed by atoms with Gasteiger partial charge in [-0.15, -0.1) is 0 Å². The van der Waals surface area contributed by atoms with Gasteiger partial charge in [-0.1, -0.05) is 0 Å². The van der Waals surface area contributed by atoms with Crippen molar-refractivity contribution in [3.8, 4) is 5.75 Å². The van der Waals surface area contributed by atoms with E-state index in [1.54, 1.807) is 11.8 Å². The summed E-state index contributed by atoms with van der Waals surface area (Å²) >= 11 is 0. The van der Waals surface area contributed by atoms with Crippen molar-refractivity contribution in [2.75, 3.05) is 18.0 Å². The van der Waals surface area contributed by atoms with Gasteiger partial charge in [0.2, 0.25) is 0 Å². The highest BCUT2D eigenvalue weighted by atomic mass is 32.2. The van der Waals surface area contributed by atoms with Crippen molar-refractivity contribution in [2.24, 2.45) is 0 Å². The summed E-state index contributed by atoms with van der Waals surface area (Å²) in [6, 6.07) is 2.88. The van der Waals surface area contributed by atoms with E-state index in [4.69, 9.17) is 4.74 Å². The van der Waals surface area contributed by atoms with E-state index in [0.29, 0.717) is 11.2 Å².